The van der Waals surface area contributed by atoms with Gasteiger partial charge in [0.2, 0.25) is 0 Å². The van der Waals surface area contributed by atoms with Crippen molar-refractivity contribution in [3.8, 4) is 17.0 Å². The molecule has 1 N–H and O–H groups in total. The summed E-state index contributed by atoms with van der Waals surface area (Å²) >= 11 is 1.59. The van der Waals surface area contributed by atoms with Crippen molar-refractivity contribution in [2.24, 2.45) is 0 Å². The third-order valence-electron chi connectivity index (χ3n) is 4.93. The topological polar surface area (TPSA) is 55.6 Å². The van der Waals surface area contributed by atoms with Gasteiger partial charge in [0, 0.05) is 29.0 Å². The molecule has 0 radical (unpaired) electrons. The average molecular weight is 414 g/mol. The van der Waals surface area contributed by atoms with Crippen molar-refractivity contribution in [1.29, 1.82) is 0 Å². The molecular weight excluding hydrogens is 394 g/mol. The SMILES string of the molecule is CCOc1ccc2ccccc2c1C(=O)Nc1cccc(-c2cn3ccsc3n2)c1. The Bertz CT molecular complexity index is 1340. The van der Waals surface area contributed by atoms with Gasteiger partial charge in [0.05, 0.1) is 17.9 Å². The van der Waals surface area contributed by atoms with E-state index in [4.69, 9.17) is 4.74 Å². The summed E-state index contributed by atoms with van der Waals surface area (Å²) in [5, 5.41) is 6.90. The molecule has 0 aliphatic carbocycles. The smallest absolute Gasteiger partial charge is 0.260 e. The van der Waals surface area contributed by atoms with Gasteiger partial charge in [-0.15, -0.1) is 11.3 Å². The molecule has 5 nitrogen and oxygen atoms in total. The molecule has 0 saturated carbocycles. The fourth-order valence-electron chi connectivity index (χ4n) is 3.58. The number of amides is 1. The minimum Gasteiger partial charge on any atom is -0.493 e. The summed E-state index contributed by atoms with van der Waals surface area (Å²) in [6, 6.07) is 19.4. The molecule has 30 heavy (non-hydrogen) atoms. The van der Waals surface area contributed by atoms with Crippen molar-refractivity contribution in [3.63, 3.8) is 0 Å². The number of nitrogens with zero attached hydrogens (tertiary/aromatic N) is 2. The van der Waals surface area contributed by atoms with Crippen molar-refractivity contribution in [2.75, 3.05) is 11.9 Å². The maximum atomic E-state index is 13.3. The normalized spacial score (nSPS) is 11.1. The van der Waals surface area contributed by atoms with E-state index < -0.39 is 0 Å². The van der Waals surface area contributed by atoms with Crippen LogP contribution in [0.15, 0.2) is 78.4 Å². The molecule has 2 aromatic heterocycles. The fourth-order valence-corrected chi connectivity index (χ4v) is 4.28. The van der Waals surface area contributed by atoms with Gasteiger partial charge in [0.15, 0.2) is 4.96 Å². The van der Waals surface area contributed by atoms with Gasteiger partial charge in [-0.1, -0.05) is 42.5 Å². The summed E-state index contributed by atoms with van der Waals surface area (Å²) in [7, 11) is 0. The van der Waals surface area contributed by atoms with Crippen LogP contribution in [0.25, 0.3) is 27.0 Å². The van der Waals surface area contributed by atoms with E-state index >= 15 is 0 Å². The number of benzene rings is 3. The Hall–Kier alpha value is -3.64. The maximum absolute atomic E-state index is 13.3. The molecular formula is C24H19N3O2S. The van der Waals surface area contributed by atoms with Gasteiger partial charge >= 0.3 is 0 Å². The molecule has 0 unspecified atom stereocenters. The number of hydrogen-bond acceptors (Lipinski definition) is 4. The van der Waals surface area contributed by atoms with E-state index in [-0.39, 0.29) is 5.91 Å². The van der Waals surface area contributed by atoms with Crippen LogP contribution in [-0.2, 0) is 0 Å². The Morgan fingerprint density at radius 1 is 1.13 bits per heavy atom. The van der Waals surface area contributed by atoms with Crippen LogP contribution >= 0.6 is 11.3 Å². The van der Waals surface area contributed by atoms with Crippen molar-refractivity contribution in [1.82, 2.24) is 9.38 Å². The predicted molar refractivity (Wildman–Crippen MR) is 122 cm³/mol. The standard InChI is InChI=1S/C24H19N3O2S/c1-2-29-21-11-10-16-6-3-4-9-19(16)22(21)23(28)25-18-8-5-7-17(14-18)20-15-27-12-13-30-24(27)26-20/h3-15H,2H2,1H3,(H,25,28). The van der Waals surface area contributed by atoms with Crippen LogP contribution in [0.4, 0.5) is 5.69 Å². The van der Waals surface area contributed by atoms with E-state index in [2.05, 4.69) is 10.3 Å². The van der Waals surface area contributed by atoms with Crippen molar-refractivity contribution >= 4 is 38.7 Å². The van der Waals surface area contributed by atoms with E-state index in [1.165, 1.54) is 0 Å². The largest absolute Gasteiger partial charge is 0.493 e. The quantitative estimate of drug-likeness (QED) is 0.392. The van der Waals surface area contributed by atoms with Crippen molar-refractivity contribution in [2.45, 2.75) is 6.92 Å². The molecule has 5 rings (SSSR count). The van der Waals surface area contributed by atoms with E-state index in [9.17, 15) is 4.79 Å². The lowest BCUT2D eigenvalue weighted by Crippen LogP contribution is -2.14. The Kier molecular flexibility index (Phi) is 4.69. The monoisotopic (exact) mass is 413 g/mol. The lowest BCUT2D eigenvalue weighted by atomic mass is 10.0. The first-order chi connectivity index (χ1) is 14.7. The molecule has 0 aliphatic rings. The summed E-state index contributed by atoms with van der Waals surface area (Å²) in [4.78, 5) is 18.9. The summed E-state index contributed by atoms with van der Waals surface area (Å²) in [5.41, 5.74) is 3.08. The van der Waals surface area contributed by atoms with Gasteiger partial charge in [-0.25, -0.2) is 4.98 Å². The molecule has 0 saturated heterocycles. The second-order valence-electron chi connectivity index (χ2n) is 6.85. The van der Waals surface area contributed by atoms with Crippen LogP contribution in [0.5, 0.6) is 5.75 Å². The second kappa shape index (κ2) is 7.65. The zero-order valence-electron chi connectivity index (χ0n) is 16.3. The number of fused-ring (bicyclic) bond motifs is 2. The highest BCUT2D eigenvalue weighted by atomic mass is 32.1. The molecule has 148 valence electrons. The molecule has 6 heteroatoms. The first-order valence-electron chi connectivity index (χ1n) is 9.71. The lowest BCUT2D eigenvalue weighted by molar-refractivity contribution is 0.102. The minimum absolute atomic E-state index is 0.196. The number of carbonyl (C=O) groups excluding carboxylic acids is 1. The summed E-state index contributed by atoms with van der Waals surface area (Å²) in [6.45, 7) is 2.40. The van der Waals surface area contributed by atoms with Crippen LogP contribution in [0.2, 0.25) is 0 Å². The number of rotatable bonds is 5. The maximum Gasteiger partial charge on any atom is 0.260 e. The molecule has 3 aromatic carbocycles. The van der Waals surface area contributed by atoms with Gasteiger partial charge in [-0.05, 0) is 35.9 Å². The van der Waals surface area contributed by atoms with Gasteiger partial charge in [0.1, 0.15) is 5.75 Å². The van der Waals surface area contributed by atoms with E-state index in [0.29, 0.717) is 23.6 Å². The van der Waals surface area contributed by atoms with Crippen LogP contribution in [0.3, 0.4) is 0 Å². The Balaban J connectivity index is 1.50. The van der Waals surface area contributed by atoms with Crippen LogP contribution in [0, 0.1) is 0 Å². The Morgan fingerprint density at radius 2 is 2.03 bits per heavy atom. The zero-order chi connectivity index (χ0) is 20.5. The summed E-state index contributed by atoms with van der Waals surface area (Å²) in [6.07, 6.45) is 3.97. The number of imidazole rings is 1. The molecule has 5 aromatic rings. The second-order valence-corrected chi connectivity index (χ2v) is 7.72. The third kappa shape index (κ3) is 3.31. The van der Waals surface area contributed by atoms with Gasteiger partial charge in [0.25, 0.3) is 5.91 Å². The Morgan fingerprint density at radius 3 is 2.90 bits per heavy atom. The highest BCUT2D eigenvalue weighted by Crippen LogP contribution is 2.30. The van der Waals surface area contributed by atoms with Gasteiger partial charge in [-0.3, -0.25) is 9.20 Å². The molecule has 0 atom stereocenters. The van der Waals surface area contributed by atoms with E-state index in [0.717, 1.165) is 27.0 Å². The number of ether oxygens (including phenoxy) is 1. The first kappa shape index (κ1) is 18.4. The zero-order valence-corrected chi connectivity index (χ0v) is 17.1. The highest BCUT2D eigenvalue weighted by molar-refractivity contribution is 7.15. The third-order valence-corrected chi connectivity index (χ3v) is 5.70. The predicted octanol–water partition coefficient (Wildman–Crippen LogP) is 5.87. The molecule has 0 aliphatic heterocycles. The summed E-state index contributed by atoms with van der Waals surface area (Å²) in [5.74, 6) is 0.386. The lowest BCUT2D eigenvalue weighted by Gasteiger charge is -2.14. The molecule has 0 spiro atoms. The molecule has 2 heterocycles. The van der Waals surface area contributed by atoms with Crippen LogP contribution in [-0.4, -0.2) is 21.9 Å². The van der Waals surface area contributed by atoms with Gasteiger partial charge in [-0.2, -0.15) is 0 Å². The van der Waals surface area contributed by atoms with E-state index in [1.807, 2.05) is 89.8 Å². The van der Waals surface area contributed by atoms with E-state index in [1.54, 1.807) is 11.3 Å². The fraction of sp³-hybridized carbons (Fsp3) is 0.0833. The number of thiazole rings is 1. The number of nitrogens with one attached hydrogen (secondary N) is 1. The van der Waals surface area contributed by atoms with Crippen molar-refractivity contribution in [3.05, 3.63) is 84.0 Å². The number of hydrogen-bond donors (Lipinski definition) is 1. The molecule has 0 bridgehead atoms. The molecule has 0 fully saturated rings. The van der Waals surface area contributed by atoms with Crippen LogP contribution in [0.1, 0.15) is 17.3 Å². The number of aromatic nitrogens is 2. The minimum atomic E-state index is -0.196. The number of anilines is 1. The van der Waals surface area contributed by atoms with Crippen LogP contribution < -0.4 is 10.1 Å². The molecule has 1 amide bonds. The number of carbonyl (C=O) groups is 1. The Labute approximate surface area is 177 Å². The van der Waals surface area contributed by atoms with Crippen molar-refractivity contribution < 1.29 is 9.53 Å². The summed E-state index contributed by atoms with van der Waals surface area (Å²) < 4.78 is 7.75. The average Bonchev–Trinajstić information content (AvgIpc) is 3.36. The first-order valence-corrected chi connectivity index (χ1v) is 10.6. The highest BCUT2D eigenvalue weighted by Gasteiger charge is 2.17. The van der Waals surface area contributed by atoms with Gasteiger partial charge < -0.3 is 10.1 Å².